The molecule has 0 saturated heterocycles. The summed E-state index contributed by atoms with van der Waals surface area (Å²) < 4.78 is 23.7. The van der Waals surface area contributed by atoms with Crippen molar-refractivity contribution in [3.63, 3.8) is 0 Å². The van der Waals surface area contributed by atoms with E-state index in [2.05, 4.69) is 6.58 Å². The van der Waals surface area contributed by atoms with Crippen LogP contribution in [0.2, 0.25) is 0 Å². The number of hydrogen-bond acceptors (Lipinski definition) is 6. The van der Waals surface area contributed by atoms with Crippen molar-refractivity contribution in [2.24, 2.45) is 5.41 Å². The summed E-state index contributed by atoms with van der Waals surface area (Å²) in [5.41, 5.74) is 1.38. The second kappa shape index (κ2) is 15.8. The van der Waals surface area contributed by atoms with Gasteiger partial charge >= 0.3 is 11.9 Å². The van der Waals surface area contributed by atoms with Gasteiger partial charge in [0.25, 0.3) is 0 Å². The van der Waals surface area contributed by atoms with E-state index in [1.807, 2.05) is 92.7 Å². The van der Waals surface area contributed by atoms with Gasteiger partial charge in [-0.1, -0.05) is 66.7 Å². The van der Waals surface area contributed by atoms with Crippen LogP contribution in [0.5, 0.6) is 5.75 Å². The second-order valence-corrected chi connectivity index (χ2v) is 10.5. The molecule has 0 fully saturated rings. The monoisotopic (exact) mass is 558 g/mol. The van der Waals surface area contributed by atoms with Crippen LogP contribution in [0.15, 0.2) is 97.6 Å². The van der Waals surface area contributed by atoms with Gasteiger partial charge in [-0.3, -0.25) is 4.79 Å². The van der Waals surface area contributed by atoms with Gasteiger partial charge in [0.15, 0.2) is 0 Å². The lowest BCUT2D eigenvalue weighted by molar-refractivity contribution is -0.168. The van der Waals surface area contributed by atoms with Gasteiger partial charge in [-0.2, -0.15) is 0 Å². The minimum atomic E-state index is -0.993. The Morgan fingerprint density at radius 1 is 0.902 bits per heavy atom. The average molecular weight is 559 g/mol. The summed E-state index contributed by atoms with van der Waals surface area (Å²) in [4.78, 5) is 26.3. The standard InChI is InChI=1S/C35H42O6/c1-6-8-19-30(40-32(35(3,4)34(37)39-7-2)27-20-22-29(38-5)23-21-27)25-31(24-26-15-11-9-12-16-26)41-33(36)28-17-13-10-14-18-28/h6,9-18,20-23,30-32H,1,7-8,19,24-25H2,2-5H3/t30-,31-,32+/m1/s1. The summed E-state index contributed by atoms with van der Waals surface area (Å²) in [5.74, 6) is -0.0208. The van der Waals surface area contributed by atoms with Crippen LogP contribution in [-0.2, 0) is 25.4 Å². The summed E-state index contributed by atoms with van der Waals surface area (Å²) in [6.45, 7) is 9.63. The van der Waals surface area contributed by atoms with Gasteiger partial charge in [0.2, 0.25) is 0 Å². The quantitative estimate of drug-likeness (QED) is 0.134. The van der Waals surface area contributed by atoms with Gasteiger partial charge in [-0.05, 0) is 69.0 Å². The highest BCUT2D eigenvalue weighted by molar-refractivity contribution is 5.89. The number of benzene rings is 3. The van der Waals surface area contributed by atoms with Crippen LogP contribution in [-0.4, -0.2) is 37.9 Å². The first-order chi connectivity index (χ1) is 19.8. The Bertz CT molecular complexity index is 1220. The Balaban J connectivity index is 1.94. The highest BCUT2D eigenvalue weighted by Gasteiger charge is 2.42. The summed E-state index contributed by atoms with van der Waals surface area (Å²) in [5, 5.41) is 0. The second-order valence-electron chi connectivity index (χ2n) is 10.5. The number of methoxy groups -OCH3 is 1. The zero-order valence-corrected chi connectivity index (χ0v) is 24.6. The molecule has 0 spiro atoms. The third kappa shape index (κ3) is 9.32. The average Bonchev–Trinajstić information content (AvgIpc) is 2.99. The van der Waals surface area contributed by atoms with Crippen LogP contribution in [0.3, 0.4) is 0 Å². The van der Waals surface area contributed by atoms with E-state index in [4.69, 9.17) is 18.9 Å². The van der Waals surface area contributed by atoms with Gasteiger partial charge in [-0.25, -0.2) is 4.79 Å². The van der Waals surface area contributed by atoms with E-state index < -0.39 is 17.6 Å². The lowest BCUT2D eigenvalue weighted by atomic mass is 9.82. The number of carbonyl (C=O) groups excluding carboxylic acids is 2. The molecule has 0 saturated carbocycles. The van der Waals surface area contributed by atoms with Crippen molar-refractivity contribution in [3.05, 3.63) is 114 Å². The Morgan fingerprint density at radius 3 is 2.12 bits per heavy atom. The minimum Gasteiger partial charge on any atom is -0.497 e. The SMILES string of the molecule is C=CCC[C@H](C[C@@H](Cc1ccccc1)OC(=O)c1ccccc1)O[C@@H](c1ccc(OC)cc1)C(C)(C)C(=O)OCC. The Kier molecular flexibility index (Phi) is 12.2. The minimum absolute atomic E-state index is 0.270. The molecule has 0 radical (unpaired) electrons. The molecule has 0 aromatic heterocycles. The molecule has 0 heterocycles. The van der Waals surface area contributed by atoms with Crippen LogP contribution >= 0.6 is 0 Å². The zero-order chi connectivity index (χ0) is 29.7. The zero-order valence-electron chi connectivity index (χ0n) is 24.6. The first kappa shape index (κ1) is 31.6. The number of esters is 2. The molecule has 6 heteroatoms. The molecule has 41 heavy (non-hydrogen) atoms. The van der Waals surface area contributed by atoms with Crippen LogP contribution in [0.4, 0.5) is 0 Å². The molecular weight excluding hydrogens is 516 g/mol. The first-order valence-electron chi connectivity index (χ1n) is 14.2. The van der Waals surface area contributed by atoms with Crippen molar-refractivity contribution in [2.45, 2.75) is 64.8 Å². The van der Waals surface area contributed by atoms with Gasteiger partial charge < -0.3 is 18.9 Å². The molecule has 3 aromatic rings. The summed E-state index contributed by atoms with van der Waals surface area (Å²) in [6.07, 6.45) is 2.73. The fraction of sp³-hybridized carbons (Fsp3) is 0.371. The Morgan fingerprint density at radius 2 is 1.54 bits per heavy atom. The van der Waals surface area contributed by atoms with Crippen molar-refractivity contribution in [2.75, 3.05) is 13.7 Å². The predicted molar refractivity (Wildman–Crippen MR) is 161 cm³/mol. The van der Waals surface area contributed by atoms with E-state index in [-0.39, 0.29) is 24.6 Å². The molecule has 0 N–H and O–H groups in total. The van der Waals surface area contributed by atoms with Crippen LogP contribution < -0.4 is 4.74 Å². The molecule has 6 nitrogen and oxygen atoms in total. The maximum atomic E-state index is 13.2. The molecule has 0 aliphatic rings. The third-order valence-corrected chi connectivity index (χ3v) is 7.01. The Hall–Kier alpha value is -3.90. The van der Waals surface area contributed by atoms with Crippen molar-refractivity contribution in [3.8, 4) is 5.75 Å². The van der Waals surface area contributed by atoms with E-state index >= 15 is 0 Å². The summed E-state index contributed by atoms with van der Waals surface area (Å²) >= 11 is 0. The highest BCUT2D eigenvalue weighted by Crippen LogP contribution is 2.40. The number of ether oxygens (including phenoxy) is 4. The third-order valence-electron chi connectivity index (χ3n) is 7.01. The van der Waals surface area contributed by atoms with E-state index in [0.717, 1.165) is 11.1 Å². The van der Waals surface area contributed by atoms with Gasteiger partial charge in [0.05, 0.1) is 36.9 Å². The fourth-order valence-corrected chi connectivity index (χ4v) is 4.74. The van der Waals surface area contributed by atoms with Crippen molar-refractivity contribution in [1.29, 1.82) is 0 Å². The lowest BCUT2D eigenvalue weighted by Gasteiger charge is -2.36. The van der Waals surface area contributed by atoms with E-state index in [1.165, 1.54) is 0 Å². The summed E-state index contributed by atoms with van der Waals surface area (Å²) in [6, 6.07) is 26.4. The number of rotatable bonds is 16. The van der Waals surface area contributed by atoms with Crippen LogP contribution in [0.25, 0.3) is 0 Å². The normalized spacial score (nSPS) is 13.5. The summed E-state index contributed by atoms with van der Waals surface area (Å²) in [7, 11) is 1.61. The van der Waals surface area contributed by atoms with E-state index in [9.17, 15) is 9.59 Å². The smallest absolute Gasteiger partial charge is 0.338 e. The van der Waals surface area contributed by atoms with E-state index in [0.29, 0.717) is 37.0 Å². The highest BCUT2D eigenvalue weighted by atomic mass is 16.6. The number of allylic oxidation sites excluding steroid dienone is 1. The predicted octanol–water partition coefficient (Wildman–Crippen LogP) is 7.54. The maximum absolute atomic E-state index is 13.2. The number of hydrogen-bond donors (Lipinski definition) is 0. The molecule has 3 atom stereocenters. The Labute approximate surface area is 244 Å². The van der Waals surface area contributed by atoms with Crippen molar-refractivity contribution < 1.29 is 28.5 Å². The van der Waals surface area contributed by atoms with Crippen molar-refractivity contribution >= 4 is 11.9 Å². The van der Waals surface area contributed by atoms with Crippen LogP contribution in [0.1, 0.15) is 67.6 Å². The number of carbonyl (C=O) groups is 2. The van der Waals surface area contributed by atoms with Crippen LogP contribution in [0, 0.1) is 5.41 Å². The van der Waals surface area contributed by atoms with Gasteiger partial charge in [-0.15, -0.1) is 6.58 Å². The lowest BCUT2D eigenvalue weighted by Crippen LogP contribution is -2.38. The molecule has 3 aromatic carbocycles. The molecule has 0 unspecified atom stereocenters. The molecule has 0 aliphatic carbocycles. The molecule has 0 bridgehead atoms. The molecule has 3 rings (SSSR count). The topological polar surface area (TPSA) is 71.1 Å². The van der Waals surface area contributed by atoms with Gasteiger partial charge in [0.1, 0.15) is 11.9 Å². The largest absolute Gasteiger partial charge is 0.497 e. The molecule has 218 valence electrons. The fourth-order valence-electron chi connectivity index (χ4n) is 4.74. The van der Waals surface area contributed by atoms with Crippen molar-refractivity contribution in [1.82, 2.24) is 0 Å². The van der Waals surface area contributed by atoms with Gasteiger partial charge in [0, 0.05) is 12.8 Å². The molecular formula is C35H42O6. The maximum Gasteiger partial charge on any atom is 0.338 e. The molecule has 0 aliphatic heterocycles. The first-order valence-corrected chi connectivity index (χ1v) is 14.2. The molecule has 0 amide bonds. The van der Waals surface area contributed by atoms with E-state index in [1.54, 1.807) is 26.2 Å².